The van der Waals surface area contributed by atoms with Crippen molar-refractivity contribution in [3.63, 3.8) is 0 Å². The monoisotopic (exact) mass is 398 g/mol. The maximum Gasteiger partial charge on any atom is 0.305 e. The largest absolute Gasteiger partial charge is 0.469 e. The lowest BCUT2D eigenvalue weighted by atomic mass is 9.81. The Morgan fingerprint density at radius 3 is 2.62 bits per heavy atom. The highest BCUT2D eigenvalue weighted by Crippen LogP contribution is 2.34. The minimum Gasteiger partial charge on any atom is -0.469 e. The van der Waals surface area contributed by atoms with E-state index >= 15 is 0 Å². The Labute approximate surface area is 174 Å². The Morgan fingerprint density at radius 1 is 1.14 bits per heavy atom. The lowest BCUT2D eigenvalue weighted by Gasteiger charge is -2.39. The molecule has 0 atom stereocenters. The molecule has 0 spiro atoms. The van der Waals surface area contributed by atoms with Gasteiger partial charge in [-0.1, -0.05) is 12.1 Å². The van der Waals surface area contributed by atoms with Crippen LogP contribution < -0.4 is 5.32 Å². The predicted molar refractivity (Wildman–Crippen MR) is 113 cm³/mol. The second-order valence-corrected chi connectivity index (χ2v) is 8.98. The molecule has 158 valence electrons. The molecule has 0 unspecified atom stereocenters. The van der Waals surface area contributed by atoms with Gasteiger partial charge in [-0.05, 0) is 93.5 Å². The standard InChI is InChI=1S/C24H34N2O3/c1-29-23(27)9-4-17-2-7-21(8-3-17)26-15-12-19-5-6-20(16-22(19)24(26)28)18-10-13-25-14-11-18/h5-6,16-18,21,25H,2-4,7-15H2,1H3. The Hall–Kier alpha value is -1.88. The number of hydrogen-bond donors (Lipinski definition) is 1. The number of rotatable bonds is 5. The van der Waals surface area contributed by atoms with Crippen LogP contribution in [0.3, 0.4) is 0 Å². The van der Waals surface area contributed by atoms with E-state index in [9.17, 15) is 9.59 Å². The third-order valence-electron chi connectivity index (χ3n) is 7.30. The summed E-state index contributed by atoms with van der Waals surface area (Å²) in [6.45, 7) is 2.98. The molecule has 1 aromatic rings. The van der Waals surface area contributed by atoms with Crippen molar-refractivity contribution in [1.82, 2.24) is 10.2 Å². The molecule has 0 radical (unpaired) electrons. The van der Waals surface area contributed by atoms with Crippen LogP contribution in [-0.4, -0.2) is 49.6 Å². The van der Waals surface area contributed by atoms with Crippen LogP contribution in [0.25, 0.3) is 0 Å². The van der Waals surface area contributed by atoms with E-state index < -0.39 is 0 Å². The van der Waals surface area contributed by atoms with Crippen LogP contribution in [0.1, 0.15) is 78.8 Å². The highest BCUT2D eigenvalue weighted by Gasteiger charge is 2.33. The van der Waals surface area contributed by atoms with Gasteiger partial charge in [0.2, 0.25) is 0 Å². The fraction of sp³-hybridized carbons (Fsp3) is 0.667. The first-order chi connectivity index (χ1) is 14.2. The quantitative estimate of drug-likeness (QED) is 0.769. The van der Waals surface area contributed by atoms with Crippen LogP contribution in [0.2, 0.25) is 0 Å². The van der Waals surface area contributed by atoms with Gasteiger partial charge >= 0.3 is 5.97 Å². The molecule has 5 nitrogen and oxygen atoms in total. The number of carbonyl (C=O) groups is 2. The average molecular weight is 399 g/mol. The summed E-state index contributed by atoms with van der Waals surface area (Å²) in [6.07, 6.45) is 9.04. The Kier molecular flexibility index (Phi) is 6.53. The summed E-state index contributed by atoms with van der Waals surface area (Å²) in [4.78, 5) is 26.9. The zero-order valence-corrected chi connectivity index (χ0v) is 17.6. The van der Waals surface area contributed by atoms with Crippen LogP contribution in [0.15, 0.2) is 18.2 Å². The molecular weight excluding hydrogens is 364 g/mol. The molecule has 1 aromatic carbocycles. The number of ether oxygens (including phenoxy) is 1. The van der Waals surface area contributed by atoms with Crippen LogP contribution in [0.5, 0.6) is 0 Å². The highest BCUT2D eigenvalue weighted by molar-refractivity contribution is 5.97. The zero-order chi connectivity index (χ0) is 20.2. The van der Waals surface area contributed by atoms with Crippen LogP contribution >= 0.6 is 0 Å². The van der Waals surface area contributed by atoms with Gasteiger partial charge < -0.3 is 15.0 Å². The molecule has 2 fully saturated rings. The number of fused-ring (bicyclic) bond motifs is 1. The summed E-state index contributed by atoms with van der Waals surface area (Å²) in [5.74, 6) is 1.29. The van der Waals surface area contributed by atoms with Gasteiger partial charge in [0, 0.05) is 24.6 Å². The third-order valence-corrected chi connectivity index (χ3v) is 7.30. The van der Waals surface area contributed by atoms with Crippen LogP contribution in [0, 0.1) is 5.92 Å². The lowest BCUT2D eigenvalue weighted by molar-refractivity contribution is -0.141. The number of carbonyl (C=O) groups excluding carboxylic acids is 2. The molecule has 0 aromatic heterocycles. The fourth-order valence-electron chi connectivity index (χ4n) is 5.44. The predicted octanol–water partition coefficient (Wildman–Crippen LogP) is 3.66. The van der Waals surface area contributed by atoms with E-state index in [4.69, 9.17) is 4.74 Å². The van der Waals surface area contributed by atoms with E-state index in [2.05, 4.69) is 28.4 Å². The summed E-state index contributed by atoms with van der Waals surface area (Å²) in [5.41, 5.74) is 3.50. The topological polar surface area (TPSA) is 58.6 Å². The van der Waals surface area contributed by atoms with Crippen molar-refractivity contribution in [2.45, 2.75) is 69.7 Å². The van der Waals surface area contributed by atoms with E-state index in [0.29, 0.717) is 24.3 Å². The molecule has 4 rings (SSSR count). The van der Waals surface area contributed by atoms with E-state index in [1.54, 1.807) is 0 Å². The second-order valence-electron chi connectivity index (χ2n) is 8.98. The molecular formula is C24H34N2O3. The Morgan fingerprint density at radius 2 is 1.90 bits per heavy atom. The first kappa shape index (κ1) is 20.4. The molecule has 3 aliphatic rings. The first-order valence-electron chi connectivity index (χ1n) is 11.4. The number of methoxy groups -OCH3 is 1. The number of nitrogens with zero attached hydrogens (tertiary/aromatic N) is 1. The summed E-state index contributed by atoms with van der Waals surface area (Å²) in [5, 5.41) is 3.43. The van der Waals surface area contributed by atoms with Crippen molar-refractivity contribution in [1.29, 1.82) is 0 Å². The van der Waals surface area contributed by atoms with Gasteiger partial charge in [-0.2, -0.15) is 0 Å². The number of amides is 1. The second kappa shape index (κ2) is 9.29. The van der Waals surface area contributed by atoms with Crippen molar-refractivity contribution >= 4 is 11.9 Å². The molecule has 1 saturated carbocycles. The maximum absolute atomic E-state index is 13.3. The third kappa shape index (κ3) is 4.66. The van der Waals surface area contributed by atoms with Crippen molar-refractivity contribution in [3.8, 4) is 0 Å². The number of esters is 1. The van der Waals surface area contributed by atoms with E-state index in [0.717, 1.165) is 76.6 Å². The molecule has 2 aliphatic heterocycles. The van der Waals surface area contributed by atoms with Gasteiger partial charge in [0.05, 0.1) is 7.11 Å². The number of piperidine rings is 1. The number of nitrogens with one attached hydrogen (secondary N) is 1. The number of benzene rings is 1. The van der Waals surface area contributed by atoms with E-state index in [1.807, 2.05) is 0 Å². The zero-order valence-electron chi connectivity index (χ0n) is 17.6. The minimum absolute atomic E-state index is 0.112. The van der Waals surface area contributed by atoms with Crippen molar-refractivity contribution in [2.24, 2.45) is 5.92 Å². The minimum atomic E-state index is -0.112. The van der Waals surface area contributed by atoms with E-state index in [-0.39, 0.29) is 11.9 Å². The SMILES string of the molecule is COC(=O)CCC1CCC(N2CCc3ccc(C4CCNCC4)cc3C2=O)CC1. The molecule has 1 N–H and O–H groups in total. The summed E-state index contributed by atoms with van der Waals surface area (Å²) in [6, 6.07) is 7.00. The molecule has 29 heavy (non-hydrogen) atoms. The fourth-order valence-corrected chi connectivity index (χ4v) is 5.44. The Bertz CT molecular complexity index is 734. The smallest absolute Gasteiger partial charge is 0.305 e. The van der Waals surface area contributed by atoms with Crippen LogP contribution in [-0.2, 0) is 16.0 Å². The van der Waals surface area contributed by atoms with Gasteiger partial charge in [-0.3, -0.25) is 9.59 Å². The molecule has 1 saturated heterocycles. The highest BCUT2D eigenvalue weighted by atomic mass is 16.5. The van der Waals surface area contributed by atoms with Gasteiger partial charge in [0.1, 0.15) is 0 Å². The van der Waals surface area contributed by atoms with Gasteiger partial charge in [0.15, 0.2) is 0 Å². The van der Waals surface area contributed by atoms with E-state index in [1.165, 1.54) is 18.2 Å². The summed E-state index contributed by atoms with van der Waals surface area (Å²) < 4.78 is 4.76. The number of hydrogen-bond acceptors (Lipinski definition) is 4. The van der Waals surface area contributed by atoms with Crippen LogP contribution in [0.4, 0.5) is 0 Å². The summed E-state index contributed by atoms with van der Waals surface area (Å²) >= 11 is 0. The van der Waals surface area contributed by atoms with Crippen molar-refractivity contribution in [3.05, 3.63) is 34.9 Å². The molecule has 0 bridgehead atoms. The molecule has 2 heterocycles. The van der Waals surface area contributed by atoms with Gasteiger partial charge in [-0.25, -0.2) is 0 Å². The first-order valence-corrected chi connectivity index (χ1v) is 11.4. The molecule has 1 amide bonds. The van der Waals surface area contributed by atoms with Gasteiger partial charge in [0.25, 0.3) is 5.91 Å². The molecule has 5 heteroatoms. The summed E-state index contributed by atoms with van der Waals surface area (Å²) in [7, 11) is 1.45. The van der Waals surface area contributed by atoms with Crippen molar-refractivity contribution in [2.75, 3.05) is 26.7 Å². The Balaban J connectivity index is 1.38. The maximum atomic E-state index is 13.3. The molecule has 1 aliphatic carbocycles. The van der Waals surface area contributed by atoms with Gasteiger partial charge in [-0.15, -0.1) is 0 Å². The lowest BCUT2D eigenvalue weighted by Crippen LogP contribution is -2.46. The van der Waals surface area contributed by atoms with Crippen molar-refractivity contribution < 1.29 is 14.3 Å². The average Bonchev–Trinajstić information content (AvgIpc) is 2.78. The normalized spacial score (nSPS) is 25.6.